The van der Waals surface area contributed by atoms with E-state index in [1.807, 2.05) is 0 Å². The van der Waals surface area contributed by atoms with Crippen LogP contribution >= 0.6 is 0 Å². The van der Waals surface area contributed by atoms with Crippen molar-refractivity contribution in [2.45, 2.75) is 36.8 Å². The summed E-state index contributed by atoms with van der Waals surface area (Å²) in [5.41, 5.74) is 6.88. The van der Waals surface area contributed by atoms with Gasteiger partial charge in [-0.3, -0.25) is 19.2 Å². The van der Waals surface area contributed by atoms with E-state index in [4.69, 9.17) is 31.9 Å². The molecule has 0 aromatic heterocycles. The number of rotatable bonds is 9. The maximum Gasteiger partial charge on any atom is 0.305 e. The van der Waals surface area contributed by atoms with Crippen LogP contribution in [0.15, 0.2) is 0 Å². The number of hydrogen-bond acceptors (Lipinski definition) is 6. The molecule has 0 amide bonds. The number of carbonyl (C=O) groups is 4. The van der Waals surface area contributed by atoms with Crippen LogP contribution in [-0.4, -0.2) is 55.4 Å². The van der Waals surface area contributed by atoms with Gasteiger partial charge in [0.05, 0.1) is 36.8 Å². The summed E-state index contributed by atoms with van der Waals surface area (Å²) in [6.45, 7) is 0. The molecule has 1 radical (unpaired) electrons. The van der Waals surface area contributed by atoms with Crippen molar-refractivity contribution in [3.8, 4) is 0 Å². The molecule has 0 fully saturated rings. The molecular weight excluding hydrogens is 384 g/mol. The Bertz CT molecular complexity index is 367. The van der Waals surface area contributed by atoms with Crippen molar-refractivity contribution >= 4 is 23.9 Å². The predicted octanol–water partition coefficient (Wildman–Crippen LogP) is -1.72. The zero-order chi connectivity index (χ0) is 16.1. The molecule has 21 heavy (non-hydrogen) atoms. The third kappa shape index (κ3) is 6.69. The molecule has 0 aromatic rings. The first kappa shape index (κ1) is 21.8. The van der Waals surface area contributed by atoms with Gasteiger partial charge in [0.15, 0.2) is 0 Å². The van der Waals surface area contributed by atoms with E-state index in [1.165, 1.54) is 0 Å². The van der Waals surface area contributed by atoms with Crippen molar-refractivity contribution in [3.63, 3.8) is 0 Å². The second kappa shape index (κ2) is 8.10. The summed E-state index contributed by atoms with van der Waals surface area (Å²) in [5, 5.41) is 35.1. The maximum atomic E-state index is 10.8. The van der Waals surface area contributed by atoms with E-state index in [2.05, 4.69) is 0 Å². The first-order chi connectivity index (χ1) is 8.92. The summed E-state index contributed by atoms with van der Waals surface area (Å²) < 4.78 is 0. The zero-order valence-corrected chi connectivity index (χ0v) is 12.2. The van der Waals surface area contributed by atoms with Crippen LogP contribution in [0.2, 0.25) is 0 Å². The first-order valence-corrected chi connectivity index (χ1v) is 5.37. The fourth-order valence-corrected chi connectivity index (χ4v) is 1.91. The fraction of sp³-hybridized carbons (Fsp3) is 0.600. The molecule has 0 bridgehead atoms. The standard InChI is InChI=1S/C10H16N2O8.Ag/c11-9(1-5(13)14,2-6(15)16)10(12,3-7(17)18)4-8(19)20;/h1-4,11-12H2,(H,13,14)(H,15,16)(H,17,18)(H,19,20);. The molecular formula is C10H16AgN2O8. The Hall–Kier alpha value is -1.46. The minimum atomic E-state index is -2.22. The van der Waals surface area contributed by atoms with Gasteiger partial charge in [0.1, 0.15) is 0 Å². The van der Waals surface area contributed by atoms with E-state index in [1.54, 1.807) is 0 Å². The summed E-state index contributed by atoms with van der Waals surface area (Å²) in [7, 11) is 0. The van der Waals surface area contributed by atoms with E-state index < -0.39 is 60.6 Å². The van der Waals surface area contributed by atoms with E-state index in [9.17, 15) is 19.2 Å². The molecule has 0 aliphatic heterocycles. The smallest absolute Gasteiger partial charge is 0.305 e. The van der Waals surface area contributed by atoms with Gasteiger partial charge in [0, 0.05) is 22.4 Å². The molecule has 11 heteroatoms. The zero-order valence-electron chi connectivity index (χ0n) is 10.7. The van der Waals surface area contributed by atoms with Gasteiger partial charge < -0.3 is 31.9 Å². The average Bonchev–Trinajstić information content (AvgIpc) is 2.10. The molecule has 0 aliphatic rings. The maximum absolute atomic E-state index is 10.8. The number of nitrogens with two attached hydrogens (primary N) is 2. The van der Waals surface area contributed by atoms with Crippen LogP contribution in [0.25, 0.3) is 0 Å². The minimum Gasteiger partial charge on any atom is -0.481 e. The molecule has 0 heterocycles. The Balaban J connectivity index is 0. The summed E-state index contributed by atoms with van der Waals surface area (Å²) in [5.74, 6) is -6.06. The quantitative estimate of drug-likeness (QED) is 0.242. The Morgan fingerprint density at radius 2 is 0.762 bits per heavy atom. The van der Waals surface area contributed by atoms with E-state index >= 15 is 0 Å². The number of hydrogen-bond donors (Lipinski definition) is 6. The molecule has 0 saturated heterocycles. The molecule has 0 atom stereocenters. The van der Waals surface area contributed by atoms with Crippen molar-refractivity contribution in [1.29, 1.82) is 0 Å². The number of aliphatic carboxylic acids is 4. The van der Waals surface area contributed by atoms with E-state index in [-0.39, 0.29) is 22.4 Å². The summed E-state index contributed by atoms with van der Waals surface area (Å²) in [6, 6.07) is 0. The molecule has 0 unspecified atom stereocenters. The Kier molecular flexibility index (Phi) is 8.42. The van der Waals surface area contributed by atoms with E-state index in [0.29, 0.717) is 0 Å². The van der Waals surface area contributed by atoms with Crippen LogP contribution in [0.5, 0.6) is 0 Å². The van der Waals surface area contributed by atoms with Gasteiger partial charge in [-0.15, -0.1) is 0 Å². The first-order valence-electron chi connectivity index (χ1n) is 5.37. The molecule has 0 spiro atoms. The molecule has 0 aliphatic carbocycles. The van der Waals surface area contributed by atoms with Crippen LogP contribution in [0, 0.1) is 0 Å². The SMILES string of the molecule is NC(CC(=O)O)(CC(=O)O)C(N)(CC(=O)O)CC(=O)O.[Ag]. The largest absolute Gasteiger partial charge is 0.481 e. The summed E-state index contributed by atoms with van der Waals surface area (Å²) in [6.07, 6.45) is -3.90. The molecule has 0 aromatic carbocycles. The molecule has 0 rings (SSSR count). The van der Waals surface area contributed by atoms with Gasteiger partial charge in [-0.05, 0) is 0 Å². The average molecular weight is 400 g/mol. The molecule has 8 N–H and O–H groups in total. The monoisotopic (exact) mass is 399 g/mol. The normalized spacial score (nSPS) is 11.3. The Morgan fingerprint density at radius 1 is 0.619 bits per heavy atom. The fourth-order valence-electron chi connectivity index (χ4n) is 1.91. The summed E-state index contributed by atoms with van der Waals surface area (Å²) >= 11 is 0. The topological polar surface area (TPSA) is 201 Å². The van der Waals surface area contributed by atoms with Gasteiger partial charge in [-0.25, -0.2) is 0 Å². The van der Waals surface area contributed by atoms with Crippen LogP contribution in [0.1, 0.15) is 25.7 Å². The summed E-state index contributed by atoms with van der Waals surface area (Å²) in [4.78, 5) is 43.2. The van der Waals surface area contributed by atoms with Gasteiger partial charge in [-0.1, -0.05) is 0 Å². The number of carboxylic acid groups (broad SMARTS) is 4. The Morgan fingerprint density at radius 3 is 0.857 bits per heavy atom. The van der Waals surface area contributed by atoms with Crippen molar-refractivity contribution in [1.82, 2.24) is 0 Å². The van der Waals surface area contributed by atoms with Crippen LogP contribution in [0.3, 0.4) is 0 Å². The van der Waals surface area contributed by atoms with Crippen molar-refractivity contribution in [2.75, 3.05) is 0 Å². The van der Waals surface area contributed by atoms with Crippen LogP contribution < -0.4 is 11.5 Å². The van der Waals surface area contributed by atoms with Crippen molar-refractivity contribution in [3.05, 3.63) is 0 Å². The van der Waals surface area contributed by atoms with Crippen molar-refractivity contribution in [2.24, 2.45) is 11.5 Å². The predicted molar refractivity (Wildman–Crippen MR) is 62.8 cm³/mol. The van der Waals surface area contributed by atoms with Gasteiger partial charge >= 0.3 is 23.9 Å². The molecule has 0 saturated carbocycles. The minimum absolute atomic E-state index is 0. The van der Waals surface area contributed by atoms with Gasteiger partial charge in [0.2, 0.25) is 0 Å². The van der Waals surface area contributed by atoms with Gasteiger partial charge in [0.25, 0.3) is 0 Å². The van der Waals surface area contributed by atoms with Crippen LogP contribution in [-0.2, 0) is 41.6 Å². The van der Waals surface area contributed by atoms with Gasteiger partial charge in [-0.2, -0.15) is 0 Å². The van der Waals surface area contributed by atoms with Crippen molar-refractivity contribution < 1.29 is 62.0 Å². The number of carboxylic acids is 4. The second-order valence-corrected chi connectivity index (χ2v) is 4.59. The van der Waals surface area contributed by atoms with E-state index in [0.717, 1.165) is 0 Å². The Labute approximate surface area is 134 Å². The molecule has 10 nitrogen and oxygen atoms in total. The third-order valence-electron chi connectivity index (χ3n) is 2.86. The second-order valence-electron chi connectivity index (χ2n) is 4.59. The third-order valence-corrected chi connectivity index (χ3v) is 2.86. The molecule has 125 valence electrons. The van der Waals surface area contributed by atoms with Crippen LogP contribution in [0.4, 0.5) is 0 Å².